The van der Waals surface area contributed by atoms with Crippen molar-refractivity contribution in [2.75, 3.05) is 0 Å². The topological polar surface area (TPSA) is 20.2 Å². The maximum atomic E-state index is 9.56. The average Bonchev–Trinajstić information content (AvgIpc) is 2.48. The zero-order valence-corrected chi connectivity index (χ0v) is 13.7. The molecule has 0 heterocycles. The summed E-state index contributed by atoms with van der Waals surface area (Å²) >= 11 is 0. The van der Waals surface area contributed by atoms with E-state index in [-0.39, 0.29) is 6.10 Å². The fourth-order valence-corrected chi connectivity index (χ4v) is 4.40. The van der Waals surface area contributed by atoms with Gasteiger partial charge in [-0.3, -0.25) is 0 Å². The van der Waals surface area contributed by atoms with E-state index in [0.717, 1.165) is 30.6 Å². The highest BCUT2D eigenvalue weighted by atomic mass is 16.3. The van der Waals surface area contributed by atoms with Crippen molar-refractivity contribution < 1.29 is 5.11 Å². The van der Waals surface area contributed by atoms with Gasteiger partial charge in [0.1, 0.15) is 0 Å². The van der Waals surface area contributed by atoms with Gasteiger partial charge in [0.2, 0.25) is 0 Å². The van der Waals surface area contributed by atoms with Gasteiger partial charge >= 0.3 is 0 Å². The van der Waals surface area contributed by atoms with E-state index in [0.29, 0.717) is 0 Å². The Labute approximate surface area is 126 Å². The first-order valence-corrected chi connectivity index (χ1v) is 9.46. The molecule has 0 spiro atoms. The minimum absolute atomic E-state index is 0.0183. The van der Waals surface area contributed by atoms with Gasteiger partial charge in [0.05, 0.1) is 6.10 Å². The van der Waals surface area contributed by atoms with Crippen LogP contribution in [0, 0.1) is 17.8 Å². The highest BCUT2D eigenvalue weighted by Crippen LogP contribution is 2.36. The summed E-state index contributed by atoms with van der Waals surface area (Å²) < 4.78 is 0. The zero-order chi connectivity index (χ0) is 14.2. The normalized spacial score (nSPS) is 35.1. The summed E-state index contributed by atoms with van der Waals surface area (Å²) in [5.74, 6) is 3.02. The molecule has 0 aliphatic heterocycles. The number of aliphatic hydroxyl groups is 1. The predicted molar refractivity (Wildman–Crippen MR) is 86.8 cm³/mol. The minimum atomic E-state index is 0.0183. The van der Waals surface area contributed by atoms with Gasteiger partial charge in [-0.05, 0) is 43.4 Å². The lowest BCUT2D eigenvalue weighted by Crippen LogP contribution is -2.20. The molecule has 2 rings (SSSR count). The van der Waals surface area contributed by atoms with Gasteiger partial charge in [-0.1, -0.05) is 71.1 Å². The second-order valence-electron chi connectivity index (χ2n) is 7.63. The summed E-state index contributed by atoms with van der Waals surface area (Å²) in [6.07, 6.45) is 19.4. The summed E-state index contributed by atoms with van der Waals surface area (Å²) in [5, 5.41) is 9.56. The molecular formula is C19H36O. The molecule has 0 aromatic heterocycles. The Morgan fingerprint density at radius 1 is 0.650 bits per heavy atom. The van der Waals surface area contributed by atoms with E-state index in [1.165, 1.54) is 77.0 Å². The summed E-state index contributed by atoms with van der Waals surface area (Å²) in [5.41, 5.74) is 0. The second-order valence-corrected chi connectivity index (χ2v) is 7.63. The molecule has 0 aromatic carbocycles. The highest BCUT2D eigenvalue weighted by Gasteiger charge is 2.23. The Kier molecular flexibility index (Phi) is 7.41. The Balaban J connectivity index is 1.53. The number of hydrogen-bond donors (Lipinski definition) is 1. The first kappa shape index (κ1) is 16.3. The van der Waals surface area contributed by atoms with Crippen molar-refractivity contribution in [2.24, 2.45) is 17.8 Å². The fourth-order valence-electron chi connectivity index (χ4n) is 4.40. The molecule has 0 radical (unpaired) electrons. The largest absolute Gasteiger partial charge is 0.393 e. The molecule has 2 aliphatic carbocycles. The first-order chi connectivity index (χ1) is 9.78. The maximum absolute atomic E-state index is 9.56. The van der Waals surface area contributed by atoms with Crippen LogP contribution in [0.4, 0.5) is 0 Å². The number of unbranched alkanes of at least 4 members (excludes halogenated alkanes) is 2. The quantitative estimate of drug-likeness (QED) is 0.593. The lowest BCUT2D eigenvalue weighted by molar-refractivity contribution is 0.103. The molecule has 0 amide bonds. The van der Waals surface area contributed by atoms with Gasteiger partial charge in [-0.2, -0.15) is 0 Å². The standard InChI is InChI=1S/C19H36O/c1-2-3-4-5-16-6-8-17(9-7-16)10-11-18-12-14-19(20)15-13-18/h16-20H,2-15H2,1H3. The van der Waals surface area contributed by atoms with E-state index >= 15 is 0 Å². The summed E-state index contributed by atoms with van der Waals surface area (Å²) in [4.78, 5) is 0. The van der Waals surface area contributed by atoms with Crippen molar-refractivity contribution in [3.05, 3.63) is 0 Å². The molecule has 118 valence electrons. The number of aliphatic hydroxyl groups excluding tert-OH is 1. The molecule has 0 aromatic rings. The summed E-state index contributed by atoms with van der Waals surface area (Å²) in [6.45, 7) is 2.31. The molecule has 1 N–H and O–H groups in total. The van der Waals surface area contributed by atoms with Crippen molar-refractivity contribution in [3.63, 3.8) is 0 Å². The molecule has 0 bridgehead atoms. The second kappa shape index (κ2) is 9.07. The van der Waals surface area contributed by atoms with Gasteiger partial charge in [-0.15, -0.1) is 0 Å². The predicted octanol–water partition coefficient (Wildman–Crippen LogP) is 5.70. The van der Waals surface area contributed by atoms with Crippen molar-refractivity contribution in [2.45, 2.75) is 103 Å². The third-order valence-corrected chi connectivity index (χ3v) is 5.98. The van der Waals surface area contributed by atoms with E-state index in [1.54, 1.807) is 0 Å². The van der Waals surface area contributed by atoms with Crippen LogP contribution in [-0.4, -0.2) is 11.2 Å². The van der Waals surface area contributed by atoms with E-state index in [9.17, 15) is 5.11 Å². The van der Waals surface area contributed by atoms with E-state index < -0.39 is 0 Å². The van der Waals surface area contributed by atoms with Crippen LogP contribution in [0.1, 0.15) is 96.8 Å². The molecule has 0 atom stereocenters. The molecule has 1 nitrogen and oxygen atoms in total. The molecule has 20 heavy (non-hydrogen) atoms. The van der Waals surface area contributed by atoms with Crippen LogP contribution in [0.25, 0.3) is 0 Å². The Morgan fingerprint density at radius 3 is 1.60 bits per heavy atom. The minimum Gasteiger partial charge on any atom is -0.393 e. The fraction of sp³-hybridized carbons (Fsp3) is 1.00. The molecule has 1 heteroatoms. The Hall–Kier alpha value is -0.0400. The lowest BCUT2D eigenvalue weighted by Gasteiger charge is -2.31. The SMILES string of the molecule is CCCCCC1CCC(CCC2CCC(O)CC2)CC1. The third kappa shape index (κ3) is 5.76. The van der Waals surface area contributed by atoms with Gasteiger partial charge in [0.15, 0.2) is 0 Å². The molecule has 2 aliphatic rings. The molecule has 2 fully saturated rings. The third-order valence-electron chi connectivity index (χ3n) is 5.98. The summed E-state index contributed by atoms with van der Waals surface area (Å²) in [7, 11) is 0. The van der Waals surface area contributed by atoms with Gasteiger partial charge in [0, 0.05) is 0 Å². The first-order valence-electron chi connectivity index (χ1n) is 9.46. The van der Waals surface area contributed by atoms with Crippen LogP contribution in [0.2, 0.25) is 0 Å². The van der Waals surface area contributed by atoms with Gasteiger partial charge < -0.3 is 5.11 Å². The Bertz CT molecular complexity index is 234. The van der Waals surface area contributed by atoms with Crippen LogP contribution in [0.3, 0.4) is 0 Å². The number of rotatable bonds is 7. The zero-order valence-electron chi connectivity index (χ0n) is 13.7. The van der Waals surface area contributed by atoms with Crippen molar-refractivity contribution >= 4 is 0 Å². The van der Waals surface area contributed by atoms with Gasteiger partial charge in [-0.25, -0.2) is 0 Å². The maximum Gasteiger partial charge on any atom is 0.0540 e. The Morgan fingerprint density at radius 2 is 1.10 bits per heavy atom. The molecule has 0 saturated heterocycles. The van der Waals surface area contributed by atoms with Crippen LogP contribution in [0.5, 0.6) is 0 Å². The lowest BCUT2D eigenvalue weighted by atomic mass is 9.76. The van der Waals surface area contributed by atoms with E-state index in [4.69, 9.17) is 0 Å². The van der Waals surface area contributed by atoms with E-state index in [1.807, 2.05) is 0 Å². The van der Waals surface area contributed by atoms with Crippen LogP contribution in [-0.2, 0) is 0 Å². The smallest absolute Gasteiger partial charge is 0.0540 e. The molecule has 2 saturated carbocycles. The van der Waals surface area contributed by atoms with Crippen LogP contribution in [0.15, 0.2) is 0 Å². The van der Waals surface area contributed by atoms with E-state index in [2.05, 4.69) is 6.92 Å². The monoisotopic (exact) mass is 280 g/mol. The molecule has 0 unspecified atom stereocenters. The summed E-state index contributed by atoms with van der Waals surface area (Å²) in [6, 6.07) is 0. The van der Waals surface area contributed by atoms with Crippen LogP contribution >= 0.6 is 0 Å². The number of hydrogen-bond acceptors (Lipinski definition) is 1. The average molecular weight is 280 g/mol. The van der Waals surface area contributed by atoms with Crippen molar-refractivity contribution in [1.82, 2.24) is 0 Å². The van der Waals surface area contributed by atoms with Crippen molar-refractivity contribution in [3.8, 4) is 0 Å². The molecular weight excluding hydrogens is 244 g/mol. The van der Waals surface area contributed by atoms with Crippen molar-refractivity contribution in [1.29, 1.82) is 0 Å². The van der Waals surface area contributed by atoms with Crippen LogP contribution < -0.4 is 0 Å². The highest BCUT2D eigenvalue weighted by molar-refractivity contribution is 4.76. The van der Waals surface area contributed by atoms with Gasteiger partial charge in [0.25, 0.3) is 0 Å².